The van der Waals surface area contributed by atoms with Gasteiger partial charge in [0.2, 0.25) is 5.91 Å². The maximum absolute atomic E-state index is 11.8. The van der Waals surface area contributed by atoms with Crippen LogP contribution in [0.25, 0.3) is 0 Å². The monoisotopic (exact) mass is 399 g/mol. The van der Waals surface area contributed by atoms with Crippen molar-refractivity contribution in [2.75, 3.05) is 5.32 Å². The summed E-state index contributed by atoms with van der Waals surface area (Å²) in [5.74, 6) is -0.108. The van der Waals surface area contributed by atoms with E-state index in [9.17, 15) is 9.59 Å². The smallest absolute Gasteiger partial charge is 0.224 e. The minimum atomic E-state index is -0.130. The van der Waals surface area contributed by atoms with E-state index < -0.39 is 0 Å². The number of anilines is 1. The average molecular weight is 399 g/mol. The SMILES string of the molecule is Cc1ccc(NC(=O)CCC(=O)c2cccs2)cc1I. The summed E-state index contributed by atoms with van der Waals surface area (Å²) in [6.07, 6.45) is 0.455. The Kier molecular flexibility index (Phi) is 5.31. The highest BCUT2D eigenvalue weighted by Gasteiger charge is 2.10. The number of thiophene rings is 1. The summed E-state index contributed by atoms with van der Waals surface area (Å²) in [4.78, 5) is 24.3. The van der Waals surface area contributed by atoms with E-state index in [0.29, 0.717) is 4.88 Å². The highest BCUT2D eigenvalue weighted by Crippen LogP contribution is 2.18. The Bertz CT molecular complexity index is 623. The average Bonchev–Trinajstić information content (AvgIpc) is 2.94. The summed E-state index contributed by atoms with van der Waals surface area (Å²) in [5.41, 5.74) is 1.95. The number of amides is 1. The summed E-state index contributed by atoms with van der Waals surface area (Å²) < 4.78 is 1.11. The normalized spacial score (nSPS) is 10.3. The number of hydrogen-bond acceptors (Lipinski definition) is 3. The first kappa shape index (κ1) is 15.2. The van der Waals surface area contributed by atoms with Crippen LogP contribution in [-0.2, 0) is 4.79 Å². The molecule has 0 aliphatic heterocycles. The van der Waals surface area contributed by atoms with Gasteiger partial charge in [-0.05, 0) is 58.7 Å². The number of rotatable bonds is 5. The van der Waals surface area contributed by atoms with Gasteiger partial charge in [-0.2, -0.15) is 0 Å². The Balaban J connectivity index is 1.86. The van der Waals surface area contributed by atoms with Crippen LogP contribution in [-0.4, -0.2) is 11.7 Å². The number of nitrogens with one attached hydrogen (secondary N) is 1. The third kappa shape index (κ3) is 4.14. The summed E-state index contributed by atoms with van der Waals surface area (Å²) >= 11 is 3.64. The van der Waals surface area contributed by atoms with Crippen LogP contribution >= 0.6 is 33.9 Å². The topological polar surface area (TPSA) is 46.2 Å². The van der Waals surface area contributed by atoms with E-state index >= 15 is 0 Å². The Morgan fingerprint density at radius 3 is 2.70 bits per heavy atom. The van der Waals surface area contributed by atoms with E-state index in [4.69, 9.17) is 0 Å². The second-order valence-corrected chi connectivity index (χ2v) is 6.52. The molecular weight excluding hydrogens is 385 g/mol. The predicted octanol–water partition coefficient (Wildman–Crippen LogP) is 4.26. The first-order valence-corrected chi connectivity index (χ1v) is 8.15. The lowest BCUT2D eigenvalue weighted by Crippen LogP contribution is -2.13. The molecule has 1 aromatic heterocycles. The lowest BCUT2D eigenvalue weighted by Gasteiger charge is -2.06. The molecule has 0 saturated heterocycles. The molecule has 0 aliphatic carbocycles. The van der Waals surface area contributed by atoms with Crippen molar-refractivity contribution in [3.05, 3.63) is 49.7 Å². The highest BCUT2D eigenvalue weighted by molar-refractivity contribution is 14.1. The van der Waals surface area contributed by atoms with Gasteiger partial charge in [-0.1, -0.05) is 12.1 Å². The molecule has 5 heteroatoms. The van der Waals surface area contributed by atoms with E-state index in [0.717, 1.165) is 9.26 Å². The lowest BCUT2D eigenvalue weighted by molar-refractivity contribution is -0.116. The molecule has 0 fully saturated rings. The van der Waals surface area contributed by atoms with Gasteiger partial charge in [0.15, 0.2) is 5.78 Å². The maximum Gasteiger partial charge on any atom is 0.224 e. The molecule has 20 heavy (non-hydrogen) atoms. The number of Topliss-reactive ketones (excluding diaryl/α,β-unsaturated/α-hetero) is 1. The van der Waals surface area contributed by atoms with E-state index in [1.54, 1.807) is 6.07 Å². The fourth-order valence-electron chi connectivity index (χ4n) is 1.68. The third-order valence-electron chi connectivity index (χ3n) is 2.83. The molecule has 1 heterocycles. The fourth-order valence-corrected chi connectivity index (χ4v) is 2.89. The Morgan fingerprint density at radius 2 is 2.05 bits per heavy atom. The molecule has 0 unspecified atom stereocenters. The van der Waals surface area contributed by atoms with Crippen LogP contribution in [0, 0.1) is 10.5 Å². The van der Waals surface area contributed by atoms with Crippen LogP contribution in [0.4, 0.5) is 5.69 Å². The van der Waals surface area contributed by atoms with Crippen molar-refractivity contribution in [1.29, 1.82) is 0 Å². The van der Waals surface area contributed by atoms with Gasteiger partial charge in [-0.15, -0.1) is 11.3 Å². The zero-order chi connectivity index (χ0) is 14.5. The summed E-state index contributed by atoms with van der Waals surface area (Å²) in [5, 5.41) is 4.68. The van der Waals surface area contributed by atoms with Crippen LogP contribution in [0.3, 0.4) is 0 Å². The molecule has 1 N–H and O–H groups in total. The number of benzene rings is 1. The largest absolute Gasteiger partial charge is 0.326 e. The van der Waals surface area contributed by atoms with Crippen molar-refractivity contribution in [3.8, 4) is 0 Å². The van der Waals surface area contributed by atoms with Gasteiger partial charge >= 0.3 is 0 Å². The van der Waals surface area contributed by atoms with Gasteiger partial charge in [0.25, 0.3) is 0 Å². The third-order valence-corrected chi connectivity index (χ3v) is 4.90. The van der Waals surface area contributed by atoms with Gasteiger partial charge in [-0.3, -0.25) is 9.59 Å². The summed E-state index contributed by atoms with van der Waals surface area (Å²) in [7, 11) is 0. The van der Waals surface area contributed by atoms with Crippen molar-refractivity contribution in [2.45, 2.75) is 19.8 Å². The number of ketones is 1. The van der Waals surface area contributed by atoms with Gasteiger partial charge in [0.05, 0.1) is 4.88 Å². The van der Waals surface area contributed by atoms with Gasteiger partial charge < -0.3 is 5.32 Å². The molecule has 0 aliphatic rings. The molecule has 0 bridgehead atoms. The van der Waals surface area contributed by atoms with Gasteiger partial charge in [-0.25, -0.2) is 0 Å². The standard InChI is InChI=1S/C15H14INO2S/c1-10-4-5-11(9-12(10)16)17-15(19)7-6-13(18)14-3-2-8-20-14/h2-5,8-9H,6-7H2,1H3,(H,17,19). The zero-order valence-electron chi connectivity index (χ0n) is 11.0. The maximum atomic E-state index is 11.8. The van der Waals surface area contributed by atoms with E-state index in [2.05, 4.69) is 27.9 Å². The van der Waals surface area contributed by atoms with Crippen molar-refractivity contribution in [1.82, 2.24) is 0 Å². The van der Waals surface area contributed by atoms with Crippen LogP contribution in [0.1, 0.15) is 28.1 Å². The quantitative estimate of drug-likeness (QED) is 0.603. The summed E-state index contributed by atoms with van der Waals surface area (Å²) in [6, 6.07) is 9.39. The Labute approximate surface area is 135 Å². The molecular formula is C15H14INO2S. The molecule has 1 aromatic carbocycles. The van der Waals surface area contributed by atoms with Crippen molar-refractivity contribution >= 4 is 51.3 Å². The number of hydrogen-bond donors (Lipinski definition) is 1. The first-order chi connectivity index (χ1) is 9.56. The molecule has 2 rings (SSSR count). The Morgan fingerprint density at radius 1 is 1.25 bits per heavy atom. The van der Waals surface area contributed by atoms with Crippen molar-refractivity contribution in [2.24, 2.45) is 0 Å². The van der Waals surface area contributed by atoms with Crippen molar-refractivity contribution in [3.63, 3.8) is 0 Å². The van der Waals surface area contributed by atoms with E-state index in [1.807, 2.05) is 36.6 Å². The van der Waals surface area contributed by atoms with Crippen LogP contribution in [0.2, 0.25) is 0 Å². The molecule has 1 amide bonds. The highest BCUT2D eigenvalue weighted by atomic mass is 127. The van der Waals surface area contributed by atoms with Gasteiger partial charge in [0.1, 0.15) is 0 Å². The van der Waals surface area contributed by atoms with Crippen LogP contribution < -0.4 is 5.32 Å². The number of carbonyl (C=O) groups is 2. The lowest BCUT2D eigenvalue weighted by atomic mass is 10.2. The van der Waals surface area contributed by atoms with Crippen LogP contribution in [0.5, 0.6) is 0 Å². The number of aryl methyl sites for hydroxylation is 1. The molecule has 104 valence electrons. The molecule has 0 spiro atoms. The van der Waals surface area contributed by atoms with E-state index in [1.165, 1.54) is 16.9 Å². The minimum Gasteiger partial charge on any atom is -0.326 e. The Hall–Kier alpha value is -1.21. The second kappa shape index (κ2) is 6.99. The molecule has 2 aromatic rings. The van der Waals surface area contributed by atoms with Gasteiger partial charge in [0, 0.05) is 22.1 Å². The zero-order valence-corrected chi connectivity index (χ0v) is 14.0. The molecule has 0 radical (unpaired) electrons. The number of halogens is 1. The minimum absolute atomic E-state index is 0.0219. The predicted molar refractivity (Wildman–Crippen MR) is 90.4 cm³/mol. The van der Waals surface area contributed by atoms with Crippen LogP contribution in [0.15, 0.2) is 35.7 Å². The fraction of sp³-hybridized carbons (Fsp3) is 0.200. The summed E-state index contributed by atoms with van der Waals surface area (Å²) in [6.45, 7) is 2.02. The van der Waals surface area contributed by atoms with E-state index in [-0.39, 0.29) is 24.5 Å². The molecule has 0 saturated carbocycles. The first-order valence-electron chi connectivity index (χ1n) is 6.19. The molecule has 3 nitrogen and oxygen atoms in total. The molecule has 0 atom stereocenters. The van der Waals surface area contributed by atoms with Crippen molar-refractivity contribution < 1.29 is 9.59 Å². The second-order valence-electron chi connectivity index (χ2n) is 4.41. The number of carbonyl (C=O) groups excluding carboxylic acids is 2.